The average Bonchev–Trinajstić information content (AvgIpc) is 3.10. The van der Waals surface area contributed by atoms with Crippen LogP contribution in [0.25, 0.3) is 11.1 Å². The van der Waals surface area contributed by atoms with E-state index in [1.165, 1.54) is 0 Å². The lowest BCUT2D eigenvalue weighted by Crippen LogP contribution is -2.49. The lowest BCUT2D eigenvalue weighted by Gasteiger charge is -2.21. The molecule has 0 bridgehead atoms. The second-order valence-corrected chi connectivity index (χ2v) is 8.58. The van der Waals surface area contributed by atoms with Crippen LogP contribution in [0.4, 0.5) is 13.6 Å². The maximum absolute atomic E-state index is 13.0. The first-order valence-electron chi connectivity index (χ1n) is 11.1. The van der Waals surface area contributed by atoms with Crippen LogP contribution in [0.1, 0.15) is 37.3 Å². The molecule has 3 N–H and O–H groups in total. The SMILES string of the molecule is CC(C)C(CNC(=O)C(CC(F)F)NC(=O)OCC1c2ccccc2-c2ccccc21)C(=O)O. The summed E-state index contributed by atoms with van der Waals surface area (Å²) >= 11 is 0. The lowest BCUT2D eigenvalue weighted by molar-refractivity contribution is -0.143. The molecule has 2 aromatic rings. The van der Waals surface area contributed by atoms with Crippen molar-refractivity contribution in [3.63, 3.8) is 0 Å². The van der Waals surface area contributed by atoms with Gasteiger partial charge in [0.15, 0.2) is 0 Å². The Labute approximate surface area is 196 Å². The number of halogens is 2. The second-order valence-electron chi connectivity index (χ2n) is 8.58. The van der Waals surface area contributed by atoms with Crippen LogP contribution in [0.15, 0.2) is 48.5 Å². The van der Waals surface area contributed by atoms with Gasteiger partial charge >= 0.3 is 12.1 Å². The van der Waals surface area contributed by atoms with Crippen molar-refractivity contribution in [2.45, 2.75) is 38.7 Å². The van der Waals surface area contributed by atoms with Crippen LogP contribution in [-0.2, 0) is 14.3 Å². The van der Waals surface area contributed by atoms with Gasteiger partial charge in [-0.2, -0.15) is 0 Å². The van der Waals surface area contributed by atoms with Crippen molar-refractivity contribution in [1.82, 2.24) is 10.6 Å². The minimum absolute atomic E-state index is 0.0304. The molecule has 182 valence electrons. The summed E-state index contributed by atoms with van der Waals surface area (Å²) in [5.74, 6) is -3.37. The highest BCUT2D eigenvalue weighted by Crippen LogP contribution is 2.44. The fourth-order valence-electron chi connectivity index (χ4n) is 4.13. The van der Waals surface area contributed by atoms with Crippen LogP contribution in [0.3, 0.4) is 0 Å². The van der Waals surface area contributed by atoms with E-state index < -0.39 is 42.8 Å². The summed E-state index contributed by atoms with van der Waals surface area (Å²) in [5.41, 5.74) is 4.07. The van der Waals surface area contributed by atoms with Gasteiger partial charge in [0.1, 0.15) is 12.6 Å². The summed E-state index contributed by atoms with van der Waals surface area (Å²) in [6.07, 6.45) is -4.78. The van der Waals surface area contributed by atoms with Crippen molar-refractivity contribution in [1.29, 1.82) is 0 Å². The number of fused-ring (bicyclic) bond motifs is 3. The standard InChI is InChI=1S/C25H28F2N2O5/c1-14(2)19(24(31)32)12-28-23(30)21(11-22(26)27)29-25(33)34-13-20-17-9-5-3-7-15(17)16-8-4-6-10-18(16)20/h3-10,14,19-22H,11-13H2,1-2H3,(H,28,30)(H,29,33)(H,31,32). The number of carbonyl (C=O) groups is 3. The van der Waals surface area contributed by atoms with E-state index in [4.69, 9.17) is 4.74 Å². The fourth-order valence-corrected chi connectivity index (χ4v) is 4.13. The Morgan fingerprint density at radius 3 is 2.06 bits per heavy atom. The molecule has 3 rings (SSSR count). The number of benzene rings is 2. The molecule has 0 spiro atoms. The molecular formula is C25H28F2N2O5. The van der Waals surface area contributed by atoms with Gasteiger partial charge in [-0.3, -0.25) is 9.59 Å². The first kappa shape index (κ1) is 25.1. The van der Waals surface area contributed by atoms with E-state index >= 15 is 0 Å². The minimum Gasteiger partial charge on any atom is -0.481 e. The predicted molar refractivity (Wildman–Crippen MR) is 122 cm³/mol. The van der Waals surface area contributed by atoms with Crippen molar-refractivity contribution >= 4 is 18.0 Å². The molecule has 2 atom stereocenters. The highest BCUT2D eigenvalue weighted by atomic mass is 19.3. The predicted octanol–water partition coefficient (Wildman–Crippen LogP) is 4.02. The van der Waals surface area contributed by atoms with Crippen LogP contribution in [0, 0.1) is 11.8 Å². The second kappa shape index (κ2) is 11.1. The Bertz CT molecular complexity index is 998. The van der Waals surface area contributed by atoms with E-state index in [0.29, 0.717) is 0 Å². The highest BCUT2D eigenvalue weighted by molar-refractivity contribution is 5.86. The molecule has 2 unspecified atom stereocenters. The van der Waals surface area contributed by atoms with E-state index in [1.54, 1.807) is 13.8 Å². The topological polar surface area (TPSA) is 105 Å². The molecule has 0 radical (unpaired) electrons. The monoisotopic (exact) mass is 474 g/mol. The van der Waals surface area contributed by atoms with E-state index in [-0.39, 0.29) is 25.0 Å². The van der Waals surface area contributed by atoms with E-state index in [9.17, 15) is 28.3 Å². The molecule has 9 heteroatoms. The van der Waals surface area contributed by atoms with Crippen molar-refractivity contribution in [2.24, 2.45) is 11.8 Å². The molecule has 2 amide bonds. The van der Waals surface area contributed by atoms with E-state index in [1.807, 2.05) is 48.5 Å². The first-order chi connectivity index (χ1) is 16.2. The van der Waals surface area contributed by atoms with Crippen LogP contribution >= 0.6 is 0 Å². The molecule has 0 aliphatic heterocycles. The molecular weight excluding hydrogens is 446 g/mol. The summed E-state index contributed by atoms with van der Waals surface area (Å²) in [6.45, 7) is 3.09. The number of alkyl halides is 2. The number of alkyl carbamates (subject to hydrolysis) is 1. The number of nitrogens with one attached hydrogen (secondary N) is 2. The number of aliphatic carboxylic acids is 1. The normalized spacial score (nSPS) is 14.3. The molecule has 0 aromatic heterocycles. The Hall–Kier alpha value is -3.49. The number of carboxylic acid groups (broad SMARTS) is 1. The number of amides is 2. The molecule has 1 aliphatic carbocycles. The van der Waals surface area contributed by atoms with Gasteiger partial charge in [0.25, 0.3) is 0 Å². The number of hydrogen-bond acceptors (Lipinski definition) is 4. The highest BCUT2D eigenvalue weighted by Gasteiger charge is 2.31. The zero-order valence-corrected chi connectivity index (χ0v) is 19.0. The maximum atomic E-state index is 13.0. The van der Waals surface area contributed by atoms with Gasteiger partial charge in [-0.05, 0) is 28.2 Å². The zero-order valence-electron chi connectivity index (χ0n) is 19.0. The van der Waals surface area contributed by atoms with E-state index in [0.717, 1.165) is 22.3 Å². The molecule has 7 nitrogen and oxygen atoms in total. The Morgan fingerprint density at radius 2 is 1.56 bits per heavy atom. The van der Waals surface area contributed by atoms with Crippen molar-refractivity contribution < 1.29 is 33.0 Å². The zero-order chi connectivity index (χ0) is 24.8. The van der Waals surface area contributed by atoms with Crippen LogP contribution in [-0.4, -0.2) is 48.7 Å². The molecule has 0 saturated heterocycles. The molecule has 2 aromatic carbocycles. The largest absolute Gasteiger partial charge is 0.481 e. The third-order valence-electron chi connectivity index (χ3n) is 5.98. The Morgan fingerprint density at radius 1 is 1.00 bits per heavy atom. The van der Waals surface area contributed by atoms with Gasteiger partial charge in [0, 0.05) is 18.9 Å². The summed E-state index contributed by atoms with van der Waals surface area (Å²) in [7, 11) is 0. The third-order valence-corrected chi connectivity index (χ3v) is 5.98. The summed E-state index contributed by atoms with van der Waals surface area (Å²) < 4.78 is 31.4. The summed E-state index contributed by atoms with van der Waals surface area (Å²) in [4.78, 5) is 36.2. The van der Waals surface area contributed by atoms with Gasteiger partial charge in [-0.15, -0.1) is 0 Å². The van der Waals surface area contributed by atoms with Crippen LogP contribution in [0.2, 0.25) is 0 Å². The van der Waals surface area contributed by atoms with Crippen molar-refractivity contribution in [2.75, 3.05) is 13.2 Å². The number of carbonyl (C=O) groups excluding carboxylic acids is 2. The minimum atomic E-state index is -2.86. The first-order valence-corrected chi connectivity index (χ1v) is 11.1. The third kappa shape index (κ3) is 5.89. The van der Waals surface area contributed by atoms with Crippen molar-refractivity contribution in [3.05, 3.63) is 59.7 Å². The molecule has 0 saturated carbocycles. The lowest BCUT2D eigenvalue weighted by atomic mass is 9.96. The number of ether oxygens (including phenoxy) is 1. The van der Waals surface area contributed by atoms with Crippen molar-refractivity contribution in [3.8, 4) is 11.1 Å². The van der Waals surface area contributed by atoms with Gasteiger partial charge in [-0.25, -0.2) is 13.6 Å². The van der Waals surface area contributed by atoms with E-state index in [2.05, 4.69) is 10.6 Å². The average molecular weight is 475 g/mol. The van der Waals surface area contributed by atoms with Gasteiger partial charge in [0.05, 0.1) is 5.92 Å². The maximum Gasteiger partial charge on any atom is 0.407 e. The fraction of sp³-hybridized carbons (Fsp3) is 0.400. The molecule has 1 aliphatic rings. The molecule has 0 heterocycles. The van der Waals surface area contributed by atoms with Gasteiger partial charge in [0.2, 0.25) is 12.3 Å². The van der Waals surface area contributed by atoms with Crippen LogP contribution in [0.5, 0.6) is 0 Å². The summed E-state index contributed by atoms with van der Waals surface area (Å²) in [6, 6.07) is 13.9. The van der Waals surface area contributed by atoms with Gasteiger partial charge in [-0.1, -0.05) is 62.4 Å². The molecule has 34 heavy (non-hydrogen) atoms. The smallest absolute Gasteiger partial charge is 0.407 e. The number of hydrogen-bond donors (Lipinski definition) is 3. The number of rotatable bonds is 10. The summed E-state index contributed by atoms with van der Waals surface area (Å²) in [5, 5.41) is 13.8. The number of carboxylic acids is 1. The van der Waals surface area contributed by atoms with Crippen LogP contribution < -0.4 is 10.6 Å². The van der Waals surface area contributed by atoms with Gasteiger partial charge < -0.3 is 20.5 Å². The Balaban J connectivity index is 1.63. The quantitative estimate of drug-likeness (QED) is 0.483. The Kier molecular flexibility index (Phi) is 8.20. The molecule has 0 fully saturated rings.